The molecule has 62 heavy (non-hydrogen) atoms. The molecular formula is C55H89N5O2. The van der Waals surface area contributed by atoms with Crippen molar-refractivity contribution in [3.63, 3.8) is 0 Å². The van der Waals surface area contributed by atoms with Crippen molar-refractivity contribution < 1.29 is 9.47 Å². The Labute approximate surface area is 380 Å². The van der Waals surface area contributed by atoms with Crippen molar-refractivity contribution in [2.24, 2.45) is 24.8 Å². The lowest BCUT2D eigenvalue weighted by Gasteiger charge is -2.17. The maximum atomic E-state index is 5.30. The van der Waals surface area contributed by atoms with Gasteiger partial charge in [0.05, 0.1) is 28.9 Å². The van der Waals surface area contributed by atoms with E-state index in [1.54, 1.807) is 0 Å². The predicted molar refractivity (Wildman–Crippen MR) is 277 cm³/mol. The van der Waals surface area contributed by atoms with Gasteiger partial charge in [0.25, 0.3) is 0 Å². The van der Waals surface area contributed by atoms with E-state index in [2.05, 4.69) is 128 Å². The van der Waals surface area contributed by atoms with Crippen molar-refractivity contribution in [2.75, 3.05) is 13.2 Å². The maximum Gasteiger partial charge on any atom is 0.161 e. The van der Waals surface area contributed by atoms with Gasteiger partial charge in [-0.2, -0.15) is 10.2 Å². The standard InChI is InChI=1S/C10H12N2.C9H7N.C8H8N2.C8H8O2.3C4H10.4C2H6/c1-8(2)12-10-6-4-3-5-9(10)7-11-12;1-2-6-9-8(4-1)5-3-7-10-9;1-10-8-5-3-2-4-7(8)6-9-10;1-2-4-8-7(3-1)9-5-6-10-8;3*1-4(2)3;4*1-2/h3-8H,1-2H3;1-7H;2-6H,1H3;1-4H,5-6H2;3*4H,1-3H3;4*1-2H3. The van der Waals surface area contributed by atoms with E-state index in [0.29, 0.717) is 19.3 Å². The molecular weight excluding hydrogens is 763 g/mol. The van der Waals surface area contributed by atoms with Gasteiger partial charge in [0.2, 0.25) is 0 Å². The van der Waals surface area contributed by atoms with Gasteiger partial charge in [-0.1, -0.05) is 190 Å². The summed E-state index contributed by atoms with van der Waals surface area (Å²) in [6.07, 6.45) is 5.59. The van der Waals surface area contributed by atoms with Gasteiger partial charge in [0.15, 0.2) is 11.5 Å². The van der Waals surface area contributed by atoms with Gasteiger partial charge in [-0.15, -0.1) is 0 Å². The summed E-state index contributed by atoms with van der Waals surface area (Å²) in [5, 5.41) is 12.0. The lowest BCUT2D eigenvalue weighted by atomic mass is 10.2. The number of hydrogen-bond donors (Lipinski definition) is 0. The fourth-order valence-electron chi connectivity index (χ4n) is 4.51. The van der Waals surface area contributed by atoms with Crippen LogP contribution in [0.5, 0.6) is 11.5 Å². The summed E-state index contributed by atoms with van der Waals surface area (Å²) in [6, 6.07) is 36.6. The first-order valence-corrected chi connectivity index (χ1v) is 23.2. The van der Waals surface area contributed by atoms with Crippen LogP contribution < -0.4 is 9.47 Å². The summed E-state index contributed by atoms with van der Waals surface area (Å²) in [6.45, 7) is 41.1. The van der Waals surface area contributed by atoms with E-state index in [9.17, 15) is 0 Å². The van der Waals surface area contributed by atoms with Crippen LogP contribution in [0, 0.1) is 17.8 Å². The molecule has 4 aromatic carbocycles. The number of rotatable bonds is 1. The van der Waals surface area contributed by atoms with Gasteiger partial charge < -0.3 is 9.47 Å². The smallest absolute Gasteiger partial charge is 0.161 e. The zero-order valence-electron chi connectivity index (χ0n) is 42.9. The molecule has 7 aromatic rings. The number of ether oxygens (including phenoxy) is 2. The summed E-state index contributed by atoms with van der Waals surface area (Å²) in [5.41, 5.74) is 3.46. The molecule has 0 N–H and O–H groups in total. The lowest BCUT2D eigenvalue weighted by Crippen LogP contribution is -2.14. The Hall–Kier alpha value is -5.17. The highest BCUT2D eigenvalue weighted by molar-refractivity contribution is 5.79. The number of pyridine rings is 1. The summed E-state index contributed by atoms with van der Waals surface area (Å²) < 4.78 is 14.5. The average molecular weight is 852 g/mol. The van der Waals surface area contributed by atoms with Gasteiger partial charge in [-0.3, -0.25) is 14.3 Å². The summed E-state index contributed by atoms with van der Waals surface area (Å²) in [7, 11) is 1.95. The van der Waals surface area contributed by atoms with Gasteiger partial charge in [0, 0.05) is 35.4 Å². The number of benzene rings is 4. The number of fused-ring (bicyclic) bond motifs is 4. The first-order chi connectivity index (χ1) is 29.8. The Bertz CT molecular complexity index is 1900. The van der Waals surface area contributed by atoms with Gasteiger partial charge in [0.1, 0.15) is 13.2 Å². The van der Waals surface area contributed by atoms with Crippen LogP contribution in [-0.2, 0) is 7.05 Å². The highest BCUT2D eigenvalue weighted by Crippen LogP contribution is 2.28. The highest BCUT2D eigenvalue weighted by Gasteiger charge is 2.08. The van der Waals surface area contributed by atoms with E-state index in [-0.39, 0.29) is 0 Å². The normalized spacial score (nSPS) is 10.0. The Morgan fingerprint density at radius 2 is 0.790 bits per heavy atom. The molecule has 346 valence electrons. The summed E-state index contributed by atoms with van der Waals surface area (Å²) in [5.74, 6) is 4.21. The second-order valence-electron chi connectivity index (χ2n) is 15.1. The van der Waals surface area contributed by atoms with Gasteiger partial charge >= 0.3 is 0 Å². The third-order valence-electron chi connectivity index (χ3n) is 6.61. The Kier molecular flexibility index (Phi) is 39.4. The van der Waals surface area contributed by atoms with Crippen LogP contribution in [0.25, 0.3) is 32.7 Å². The Balaban J connectivity index is -0.000000659. The van der Waals surface area contributed by atoms with E-state index >= 15 is 0 Å². The monoisotopic (exact) mass is 852 g/mol. The molecule has 0 aliphatic carbocycles. The SMILES string of the molecule is CC.CC.CC.CC.CC(C)C.CC(C)C.CC(C)C.CC(C)n1ncc2ccccc21.Cn1ncc2ccccc21.c1ccc2c(c1)OCCO2.c1ccc2ncccc2c1. The molecule has 0 atom stereocenters. The second-order valence-corrected chi connectivity index (χ2v) is 15.1. The molecule has 7 heteroatoms. The molecule has 0 radical (unpaired) electrons. The molecule has 4 heterocycles. The first kappa shape index (κ1) is 61.1. The van der Waals surface area contributed by atoms with Crippen molar-refractivity contribution >= 4 is 32.7 Å². The van der Waals surface area contributed by atoms with E-state index in [0.717, 1.165) is 34.8 Å². The topological polar surface area (TPSA) is 67.0 Å². The fraction of sp³-hybridized carbons (Fsp3) is 0.473. The van der Waals surface area contributed by atoms with Crippen LogP contribution in [0.2, 0.25) is 0 Å². The third kappa shape index (κ3) is 28.4. The molecule has 0 bridgehead atoms. The van der Waals surface area contributed by atoms with Crippen LogP contribution in [-0.4, -0.2) is 37.8 Å². The Morgan fingerprint density at radius 3 is 1.23 bits per heavy atom. The quantitative estimate of drug-likeness (QED) is 0.165. The van der Waals surface area contributed by atoms with Gasteiger partial charge in [-0.05, 0) is 68.0 Å². The zero-order chi connectivity index (χ0) is 47.9. The lowest BCUT2D eigenvalue weighted by molar-refractivity contribution is 0.171. The minimum atomic E-state index is 0.435. The highest BCUT2D eigenvalue weighted by atomic mass is 16.6. The second kappa shape index (κ2) is 39.9. The molecule has 0 saturated heterocycles. The molecule has 0 fully saturated rings. The van der Waals surface area contributed by atoms with Crippen LogP contribution >= 0.6 is 0 Å². The average Bonchev–Trinajstić information content (AvgIpc) is 3.91. The van der Waals surface area contributed by atoms with E-state index in [1.807, 2.05) is 163 Å². The minimum absolute atomic E-state index is 0.435. The predicted octanol–water partition coefficient (Wildman–Crippen LogP) is 17.0. The Morgan fingerprint density at radius 1 is 0.435 bits per heavy atom. The number of aryl methyl sites for hydroxylation is 1. The number of para-hydroxylation sites is 5. The molecule has 7 nitrogen and oxygen atoms in total. The number of aromatic nitrogens is 5. The fourth-order valence-corrected chi connectivity index (χ4v) is 4.51. The minimum Gasteiger partial charge on any atom is -0.486 e. The van der Waals surface area contributed by atoms with Crippen molar-refractivity contribution in [3.05, 3.63) is 128 Å². The summed E-state index contributed by atoms with van der Waals surface area (Å²) >= 11 is 0. The molecule has 0 spiro atoms. The van der Waals surface area contributed by atoms with Crippen molar-refractivity contribution in [1.29, 1.82) is 0 Å². The van der Waals surface area contributed by atoms with Crippen molar-refractivity contribution in [1.82, 2.24) is 24.5 Å². The molecule has 1 aliphatic heterocycles. The molecule has 3 aromatic heterocycles. The van der Waals surface area contributed by atoms with E-state index < -0.39 is 0 Å². The molecule has 0 saturated carbocycles. The molecule has 0 amide bonds. The summed E-state index contributed by atoms with van der Waals surface area (Å²) in [4.78, 5) is 4.18. The maximum absolute atomic E-state index is 5.30. The molecule has 8 rings (SSSR count). The van der Waals surface area contributed by atoms with Gasteiger partial charge in [-0.25, -0.2) is 0 Å². The van der Waals surface area contributed by atoms with Crippen LogP contribution in [0.3, 0.4) is 0 Å². The zero-order valence-corrected chi connectivity index (χ0v) is 42.9. The largest absolute Gasteiger partial charge is 0.486 e. The molecule has 1 aliphatic rings. The van der Waals surface area contributed by atoms with E-state index in [1.165, 1.54) is 27.2 Å². The number of hydrogen-bond acceptors (Lipinski definition) is 5. The van der Waals surface area contributed by atoms with Crippen LogP contribution in [0.4, 0.5) is 0 Å². The molecule has 0 unspecified atom stereocenters. The number of nitrogens with zero attached hydrogens (tertiary/aromatic N) is 5. The van der Waals surface area contributed by atoms with Crippen LogP contribution in [0.1, 0.15) is 138 Å². The van der Waals surface area contributed by atoms with Crippen molar-refractivity contribution in [3.8, 4) is 11.5 Å². The van der Waals surface area contributed by atoms with E-state index in [4.69, 9.17) is 9.47 Å². The third-order valence-corrected chi connectivity index (χ3v) is 6.61. The van der Waals surface area contributed by atoms with Crippen LogP contribution in [0.15, 0.2) is 128 Å². The first-order valence-electron chi connectivity index (χ1n) is 23.2. The van der Waals surface area contributed by atoms with Crippen molar-refractivity contribution in [2.45, 2.75) is 138 Å².